The van der Waals surface area contributed by atoms with E-state index in [2.05, 4.69) is 48.3 Å². The fourth-order valence-corrected chi connectivity index (χ4v) is 6.87. The van der Waals surface area contributed by atoms with Crippen LogP contribution in [0.4, 0.5) is 11.4 Å². The molecule has 1 aliphatic heterocycles. The van der Waals surface area contributed by atoms with Crippen molar-refractivity contribution in [3.63, 3.8) is 0 Å². The van der Waals surface area contributed by atoms with Crippen LogP contribution >= 0.6 is 22.7 Å². The van der Waals surface area contributed by atoms with Crippen molar-refractivity contribution in [2.75, 3.05) is 11.4 Å². The highest BCUT2D eigenvalue weighted by Crippen LogP contribution is 2.48. The van der Waals surface area contributed by atoms with Gasteiger partial charge in [0.05, 0.1) is 21.1 Å². The van der Waals surface area contributed by atoms with Crippen molar-refractivity contribution >= 4 is 57.3 Å². The largest absolute Gasteiger partial charge is 0.339 e. The summed E-state index contributed by atoms with van der Waals surface area (Å²) in [5.74, 6) is 0. The first kappa shape index (κ1) is 25.0. The van der Waals surface area contributed by atoms with Crippen molar-refractivity contribution < 1.29 is 0 Å². The summed E-state index contributed by atoms with van der Waals surface area (Å²) in [4.78, 5) is 7.23. The van der Waals surface area contributed by atoms with Gasteiger partial charge in [-0.1, -0.05) is 31.2 Å². The van der Waals surface area contributed by atoms with Gasteiger partial charge >= 0.3 is 0 Å². The van der Waals surface area contributed by atoms with E-state index in [-0.39, 0.29) is 11.1 Å². The first-order chi connectivity index (χ1) is 18.6. The molecule has 0 unspecified atom stereocenters. The number of thiophene rings is 2. The second-order valence-corrected chi connectivity index (χ2v) is 11.2. The summed E-state index contributed by atoms with van der Waals surface area (Å²) in [6.07, 6.45) is 18.3. The third kappa shape index (κ3) is 4.82. The fraction of sp³-hybridized carbons (Fsp3) is 0.161. The average Bonchev–Trinajstić information content (AvgIpc) is 3.73. The van der Waals surface area contributed by atoms with Gasteiger partial charge in [0.15, 0.2) is 0 Å². The summed E-state index contributed by atoms with van der Waals surface area (Å²) >= 11 is 3.53. The molecule has 38 heavy (non-hydrogen) atoms. The van der Waals surface area contributed by atoms with Crippen LogP contribution in [-0.4, -0.2) is 6.54 Å². The number of rotatable bonds is 6. The molecule has 0 amide bonds. The summed E-state index contributed by atoms with van der Waals surface area (Å²) in [6.45, 7) is 3.08. The molecule has 5 rings (SSSR count). The van der Waals surface area contributed by atoms with E-state index < -0.39 is 0 Å². The molecule has 2 aliphatic carbocycles. The zero-order chi connectivity index (χ0) is 26.6. The van der Waals surface area contributed by atoms with Crippen molar-refractivity contribution in [2.24, 2.45) is 0 Å². The fourth-order valence-electron chi connectivity index (χ4n) is 4.69. The van der Waals surface area contributed by atoms with Crippen molar-refractivity contribution in [3.05, 3.63) is 90.4 Å². The second-order valence-electron chi connectivity index (χ2n) is 8.99. The first-order valence-electron chi connectivity index (χ1n) is 12.1. The normalized spacial score (nSPS) is 14.8. The lowest BCUT2D eigenvalue weighted by atomic mass is 10.1. The van der Waals surface area contributed by atoms with Gasteiger partial charge < -0.3 is 4.90 Å². The Balaban J connectivity index is 1.40. The molecule has 0 fully saturated rings. The predicted molar refractivity (Wildman–Crippen MR) is 155 cm³/mol. The summed E-state index contributed by atoms with van der Waals surface area (Å²) in [5, 5.41) is 36.3. The van der Waals surface area contributed by atoms with Crippen LogP contribution in [0.1, 0.15) is 45.7 Å². The number of hydrogen-bond acceptors (Lipinski definition) is 7. The maximum Gasteiger partial charge on any atom is 0.129 e. The second kappa shape index (κ2) is 10.8. The number of nitriles is 4. The first-order valence-corrected chi connectivity index (χ1v) is 13.8. The Morgan fingerprint density at radius 2 is 1.21 bits per heavy atom. The van der Waals surface area contributed by atoms with Crippen LogP contribution in [0.2, 0.25) is 0 Å². The van der Waals surface area contributed by atoms with Crippen LogP contribution < -0.4 is 4.90 Å². The molecule has 0 N–H and O–H groups in total. The Hall–Kier alpha value is -4.66. The number of hydrogen-bond donors (Lipinski definition) is 0. The molecule has 0 aromatic carbocycles. The predicted octanol–water partition coefficient (Wildman–Crippen LogP) is 8.22. The summed E-state index contributed by atoms with van der Waals surface area (Å²) in [6, 6.07) is 12.3. The van der Waals surface area contributed by atoms with E-state index in [0.717, 1.165) is 24.1 Å². The minimum atomic E-state index is 0.122. The van der Waals surface area contributed by atoms with E-state index in [4.69, 9.17) is 21.0 Å². The molecule has 0 saturated carbocycles. The molecule has 7 heteroatoms. The molecule has 0 atom stereocenters. The maximum absolute atomic E-state index is 9.08. The van der Waals surface area contributed by atoms with Crippen LogP contribution in [0, 0.1) is 45.3 Å². The highest BCUT2D eigenvalue weighted by Gasteiger charge is 2.25. The van der Waals surface area contributed by atoms with Crippen molar-refractivity contribution in [3.8, 4) is 24.3 Å². The lowest BCUT2D eigenvalue weighted by Gasteiger charge is -2.23. The molecule has 3 heterocycles. The van der Waals surface area contributed by atoms with Crippen LogP contribution in [0.15, 0.2) is 70.9 Å². The van der Waals surface area contributed by atoms with Crippen LogP contribution in [0.25, 0.3) is 23.3 Å². The average molecular weight is 528 g/mol. The van der Waals surface area contributed by atoms with Crippen molar-refractivity contribution in [1.82, 2.24) is 0 Å². The van der Waals surface area contributed by atoms with Gasteiger partial charge in [0, 0.05) is 16.3 Å². The molecular weight excluding hydrogens is 507 g/mol. The Bertz CT molecular complexity index is 1560. The monoisotopic (exact) mass is 527 g/mol. The molecule has 2 aromatic heterocycles. The molecule has 0 saturated heterocycles. The molecule has 3 aliphatic rings. The third-order valence-electron chi connectivity index (χ3n) is 6.46. The smallest absolute Gasteiger partial charge is 0.129 e. The zero-order valence-corrected chi connectivity index (χ0v) is 22.3. The van der Waals surface area contributed by atoms with E-state index in [1.165, 1.54) is 42.0 Å². The Labute approximate surface area is 230 Å². The molecule has 0 bridgehead atoms. The van der Waals surface area contributed by atoms with Gasteiger partial charge in [-0.25, -0.2) is 0 Å². The third-order valence-corrected chi connectivity index (χ3v) is 8.79. The van der Waals surface area contributed by atoms with Crippen molar-refractivity contribution in [1.29, 1.82) is 21.0 Å². The van der Waals surface area contributed by atoms with Gasteiger partial charge in [0.25, 0.3) is 0 Å². The SMILES string of the molecule is CCCN1c2cc(C3=CC=C(C=C(C#N)C#N)C3)sc2C=Cc2sc(C3=CC=C(C=C(C#N)C#N)C3)cc21. The highest BCUT2D eigenvalue weighted by molar-refractivity contribution is 7.15. The minimum Gasteiger partial charge on any atom is -0.339 e. The summed E-state index contributed by atoms with van der Waals surface area (Å²) < 4.78 is 0. The van der Waals surface area contributed by atoms with Crippen LogP contribution in [-0.2, 0) is 0 Å². The van der Waals surface area contributed by atoms with E-state index in [1.54, 1.807) is 34.8 Å². The van der Waals surface area contributed by atoms with Gasteiger partial charge in [-0.3, -0.25) is 0 Å². The molecule has 0 spiro atoms. The lowest BCUT2D eigenvalue weighted by Crippen LogP contribution is -2.17. The molecule has 2 aromatic rings. The standard InChI is InChI=1S/C31H21N5S2/c1-2-9-36-26-14-30(24-5-3-20(12-24)10-22(16-32)17-33)37-28(26)7-8-29-27(36)15-31(38-29)25-6-4-21(13-25)11-23(18-34)19-35/h3-8,10-11,14-15H,2,9,12-13H2,1H3. The Morgan fingerprint density at radius 1 is 0.763 bits per heavy atom. The summed E-state index contributed by atoms with van der Waals surface area (Å²) in [5.41, 5.74) is 6.96. The van der Waals surface area contributed by atoms with Gasteiger partial charge in [-0.15, -0.1) is 22.7 Å². The lowest BCUT2D eigenvalue weighted by molar-refractivity contribution is 0.888. The maximum atomic E-state index is 9.08. The Morgan fingerprint density at radius 3 is 1.61 bits per heavy atom. The van der Waals surface area contributed by atoms with E-state index in [1.807, 2.05) is 36.4 Å². The number of fused-ring (bicyclic) bond motifs is 2. The molecule has 5 nitrogen and oxygen atoms in total. The molecular formula is C31H21N5S2. The number of nitrogens with zero attached hydrogens (tertiary/aromatic N) is 5. The van der Waals surface area contributed by atoms with E-state index in [0.29, 0.717) is 12.8 Å². The van der Waals surface area contributed by atoms with Gasteiger partial charge in [0.2, 0.25) is 0 Å². The highest BCUT2D eigenvalue weighted by atomic mass is 32.1. The van der Waals surface area contributed by atoms with Crippen LogP contribution in [0.5, 0.6) is 0 Å². The van der Waals surface area contributed by atoms with Gasteiger partial charge in [-0.05, 0) is 78.0 Å². The zero-order valence-electron chi connectivity index (χ0n) is 20.7. The minimum absolute atomic E-state index is 0.122. The number of anilines is 2. The summed E-state index contributed by atoms with van der Waals surface area (Å²) in [7, 11) is 0. The van der Waals surface area contributed by atoms with E-state index in [9.17, 15) is 0 Å². The molecule has 182 valence electrons. The Kier molecular flexibility index (Phi) is 7.08. The topological polar surface area (TPSA) is 98.4 Å². The number of allylic oxidation sites excluding steroid dienone is 12. The van der Waals surface area contributed by atoms with Gasteiger partial charge in [0.1, 0.15) is 35.4 Å². The quantitative estimate of drug-likeness (QED) is 0.352. The van der Waals surface area contributed by atoms with Gasteiger partial charge in [-0.2, -0.15) is 21.0 Å². The molecule has 0 radical (unpaired) electrons. The van der Waals surface area contributed by atoms with E-state index >= 15 is 0 Å². The van der Waals surface area contributed by atoms with Crippen LogP contribution in [0.3, 0.4) is 0 Å². The van der Waals surface area contributed by atoms with Crippen molar-refractivity contribution in [2.45, 2.75) is 26.2 Å².